The van der Waals surface area contributed by atoms with Gasteiger partial charge in [-0.2, -0.15) is 0 Å². The van der Waals surface area contributed by atoms with Crippen LogP contribution in [-0.2, 0) is 9.59 Å². The van der Waals surface area contributed by atoms with E-state index in [0.717, 1.165) is 12.0 Å². The van der Waals surface area contributed by atoms with Gasteiger partial charge in [-0.25, -0.2) is 0 Å². The Morgan fingerprint density at radius 3 is 2.41 bits per heavy atom. The molecule has 0 aromatic rings. The van der Waals surface area contributed by atoms with Crippen molar-refractivity contribution in [3.8, 4) is 0 Å². The average molecular weight is 308 g/mol. The number of amides is 2. The van der Waals surface area contributed by atoms with Crippen LogP contribution in [0.1, 0.15) is 40.0 Å². The highest BCUT2D eigenvalue weighted by molar-refractivity contribution is 5.82. The molecule has 0 aromatic carbocycles. The first kappa shape index (κ1) is 17.0. The third-order valence-corrected chi connectivity index (χ3v) is 5.24. The summed E-state index contributed by atoms with van der Waals surface area (Å²) >= 11 is 0. The summed E-state index contributed by atoms with van der Waals surface area (Å²) in [6.07, 6.45) is 1.95. The standard InChI is InChI=1S/C17H28N2O3/c1-11(2)17(3,4)18-16(22)15-12-8-13(15)10-19(9-12)14(21)6-5-7-20/h12-13,15,20H,1,5-10H2,2-4H3,(H,18,22)/t12-,13+,15?. The molecule has 3 atom stereocenters. The van der Waals surface area contributed by atoms with Crippen molar-refractivity contribution in [2.75, 3.05) is 19.7 Å². The number of hydrogen-bond acceptors (Lipinski definition) is 3. The quantitative estimate of drug-likeness (QED) is 0.727. The fourth-order valence-corrected chi connectivity index (χ4v) is 3.41. The minimum absolute atomic E-state index is 0.0283. The molecule has 2 amide bonds. The predicted molar refractivity (Wildman–Crippen MR) is 85.0 cm³/mol. The summed E-state index contributed by atoms with van der Waals surface area (Å²) in [5.41, 5.74) is 0.545. The highest BCUT2D eigenvalue weighted by atomic mass is 16.3. The van der Waals surface area contributed by atoms with Crippen molar-refractivity contribution in [2.45, 2.75) is 45.6 Å². The Bertz CT molecular complexity index is 461. The number of carbonyl (C=O) groups excluding carboxylic acids is 2. The summed E-state index contributed by atoms with van der Waals surface area (Å²) in [6, 6.07) is 0. The molecule has 3 fully saturated rings. The topological polar surface area (TPSA) is 69.6 Å². The molecule has 0 radical (unpaired) electrons. The van der Waals surface area contributed by atoms with Gasteiger partial charge in [-0.15, -0.1) is 0 Å². The minimum atomic E-state index is -0.391. The van der Waals surface area contributed by atoms with Crippen LogP contribution in [0.2, 0.25) is 0 Å². The highest BCUT2D eigenvalue weighted by Crippen LogP contribution is 2.46. The highest BCUT2D eigenvalue weighted by Gasteiger charge is 2.51. The van der Waals surface area contributed by atoms with Crippen LogP contribution < -0.4 is 5.32 Å². The van der Waals surface area contributed by atoms with Crippen LogP contribution in [0.5, 0.6) is 0 Å². The van der Waals surface area contributed by atoms with E-state index in [-0.39, 0.29) is 36.2 Å². The molecule has 3 rings (SSSR count). The number of piperidine rings is 2. The largest absolute Gasteiger partial charge is 0.396 e. The lowest BCUT2D eigenvalue weighted by Crippen LogP contribution is -2.62. The molecule has 2 heterocycles. The number of rotatable bonds is 6. The summed E-state index contributed by atoms with van der Waals surface area (Å²) in [6.45, 7) is 11.2. The van der Waals surface area contributed by atoms with Crippen LogP contribution in [0.3, 0.4) is 0 Å². The fraction of sp³-hybridized carbons (Fsp3) is 0.765. The lowest BCUT2D eigenvalue weighted by molar-refractivity contribution is -0.153. The number of hydrogen-bond donors (Lipinski definition) is 2. The number of fused-ring (bicyclic) bond motifs is 2. The molecule has 1 unspecified atom stereocenters. The Balaban J connectivity index is 1.89. The molecule has 22 heavy (non-hydrogen) atoms. The molecule has 2 saturated heterocycles. The predicted octanol–water partition coefficient (Wildman–Crippen LogP) is 1.32. The van der Waals surface area contributed by atoms with Gasteiger partial charge in [-0.1, -0.05) is 12.2 Å². The summed E-state index contributed by atoms with van der Waals surface area (Å²) in [5.74, 6) is 0.776. The second-order valence-corrected chi connectivity index (χ2v) is 7.30. The van der Waals surface area contributed by atoms with Crippen molar-refractivity contribution < 1.29 is 14.7 Å². The Hall–Kier alpha value is -1.36. The second kappa shape index (κ2) is 6.41. The molecule has 0 spiro atoms. The van der Waals surface area contributed by atoms with Gasteiger partial charge in [-0.3, -0.25) is 9.59 Å². The van der Waals surface area contributed by atoms with Crippen LogP contribution in [0.25, 0.3) is 0 Å². The molecular weight excluding hydrogens is 280 g/mol. The van der Waals surface area contributed by atoms with E-state index in [1.807, 2.05) is 25.7 Å². The van der Waals surface area contributed by atoms with Gasteiger partial charge in [0.05, 0.1) is 5.54 Å². The Labute approximate surface area is 132 Å². The zero-order valence-electron chi connectivity index (χ0n) is 13.9. The zero-order valence-corrected chi connectivity index (χ0v) is 13.9. The number of nitrogens with zero attached hydrogens (tertiary/aromatic N) is 1. The smallest absolute Gasteiger partial charge is 0.224 e. The molecule has 5 nitrogen and oxygen atoms in total. The molecule has 1 aliphatic carbocycles. The van der Waals surface area contributed by atoms with E-state index in [2.05, 4.69) is 11.9 Å². The number of nitrogens with one attached hydrogen (secondary N) is 1. The van der Waals surface area contributed by atoms with Crippen LogP contribution in [0.15, 0.2) is 12.2 Å². The maximum atomic E-state index is 12.5. The molecule has 2 N–H and O–H groups in total. The molecule has 0 aromatic heterocycles. The van der Waals surface area contributed by atoms with Gasteiger partial charge in [0.15, 0.2) is 0 Å². The minimum Gasteiger partial charge on any atom is -0.396 e. The third kappa shape index (κ3) is 3.35. The van der Waals surface area contributed by atoms with Gasteiger partial charge >= 0.3 is 0 Å². The van der Waals surface area contributed by atoms with Crippen molar-refractivity contribution in [1.29, 1.82) is 0 Å². The number of aliphatic hydroxyl groups excluding tert-OH is 1. The van der Waals surface area contributed by atoms with Crippen LogP contribution in [0, 0.1) is 17.8 Å². The van der Waals surface area contributed by atoms with E-state index in [1.54, 1.807) is 0 Å². The monoisotopic (exact) mass is 308 g/mol. The number of aliphatic hydroxyl groups is 1. The van der Waals surface area contributed by atoms with E-state index in [4.69, 9.17) is 5.11 Å². The first-order valence-corrected chi connectivity index (χ1v) is 8.13. The van der Waals surface area contributed by atoms with Gasteiger partial charge in [0.25, 0.3) is 0 Å². The van der Waals surface area contributed by atoms with E-state index >= 15 is 0 Å². The van der Waals surface area contributed by atoms with E-state index in [9.17, 15) is 9.59 Å². The van der Waals surface area contributed by atoms with Gasteiger partial charge in [0.1, 0.15) is 0 Å². The van der Waals surface area contributed by atoms with Crippen molar-refractivity contribution in [3.05, 3.63) is 12.2 Å². The first-order valence-electron chi connectivity index (χ1n) is 8.13. The molecule has 5 heteroatoms. The van der Waals surface area contributed by atoms with Crippen molar-refractivity contribution in [1.82, 2.24) is 10.2 Å². The first-order chi connectivity index (χ1) is 10.3. The summed E-state index contributed by atoms with van der Waals surface area (Å²) in [5, 5.41) is 11.9. The van der Waals surface area contributed by atoms with E-state index in [0.29, 0.717) is 25.9 Å². The average Bonchev–Trinajstić information content (AvgIpc) is 2.43. The van der Waals surface area contributed by atoms with Gasteiger partial charge in [0, 0.05) is 32.0 Å². The maximum absolute atomic E-state index is 12.5. The van der Waals surface area contributed by atoms with Crippen molar-refractivity contribution >= 4 is 11.8 Å². The fourth-order valence-electron chi connectivity index (χ4n) is 3.41. The van der Waals surface area contributed by atoms with E-state index < -0.39 is 5.54 Å². The molecular formula is C17H28N2O3. The van der Waals surface area contributed by atoms with Crippen LogP contribution >= 0.6 is 0 Å². The van der Waals surface area contributed by atoms with Gasteiger partial charge in [-0.05, 0) is 45.4 Å². The summed E-state index contributed by atoms with van der Waals surface area (Å²) in [4.78, 5) is 26.4. The van der Waals surface area contributed by atoms with Crippen LogP contribution in [-0.4, -0.2) is 47.1 Å². The SMILES string of the molecule is C=C(C)C(C)(C)NC(=O)C1[C@@H]2C[C@H]1CN(C(=O)CCCO)C2. The molecule has 2 bridgehead atoms. The molecule has 124 valence electrons. The Morgan fingerprint density at radius 1 is 1.32 bits per heavy atom. The van der Waals surface area contributed by atoms with Gasteiger partial charge < -0.3 is 15.3 Å². The molecule has 1 saturated carbocycles. The Morgan fingerprint density at radius 2 is 1.91 bits per heavy atom. The summed E-state index contributed by atoms with van der Waals surface area (Å²) in [7, 11) is 0. The van der Waals surface area contributed by atoms with Gasteiger partial charge in [0.2, 0.25) is 11.8 Å². The van der Waals surface area contributed by atoms with Crippen LogP contribution in [0.4, 0.5) is 0 Å². The van der Waals surface area contributed by atoms with E-state index in [1.165, 1.54) is 0 Å². The zero-order chi connectivity index (χ0) is 16.5. The van der Waals surface area contributed by atoms with Crippen molar-refractivity contribution in [3.63, 3.8) is 0 Å². The lowest BCUT2D eigenvalue weighted by atomic mass is 9.61. The maximum Gasteiger partial charge on any atom is 0.224 e. The second-order valence-electron chi connectivity index (χ2n) is 7.30. The third-order valence-electron chi connectivity index (χ3n) is 5.24. The molecule has 2 aliphatic heterocycles. The normalized spacial score (nSPS) is 27.1. The lowest BCUT2D eigenvalue weighted by Gasteiger charge is -2.53. The molecule has 3 aliphatic rings. The number of carbonyl (C=O) groups is 2. The summed E-state index contributed by atoms with van der Waals surface area (Å²) < 4.78 is 0. The van der Waals surface area contributed by atoms with Crippen molar-refractivity contribution in [2.24, 2.45) is 17.8 Å². The Kier molecular flexibility index (Phi) is 4.95.